The summed E-state index contributed by atoms with van der Waals surface area (Å²) in [4.78, 5) is 49.3. The first kappa shape index (κ1) is 33.6. The molecule has 2 aliphatic rings. The molecule has 11 heteroatoms. The molecule has 2 aliphatic heterocycles. The van der Waals surface area contributed by atoms with Gasteiger partial charge in [-0.1, -0.05) is 36.8 Å². The minimum Gasteiger partial charge on any atom is -0.392 e. The Morgan fingerprint density at radius 2 is 1.52 bits per heavy atom. The van der Waals surface area contributed by atoms with Gasteiger partial charge in [-0.25, -0.2) is 4.79 Å². The van der Waals surface area contributed by atoms with E-state index in [4.69, 9.17) is 9.47 Å². The van der Waals surface area contributed by atoms with Crippen molar-refractivity contribution < 1.29 is 33.8 Å². The number of anilines is 1. The van der Waals surface area contributed by atoms with Crippen LogP contribution in [0.3, 0.4) is 0 Å². The van der Waals surface area contributed by atoms with E-state index in [1.54, 1.807) is 48.5 Å². The fourth-order valence-electron chi connectivity index (χ4n) is 5.41. The first-order valence-electron chi connectivity index (χ1n) is 15.4. The van der Waals surface area contributed by atoms with Crippen molar-refractivity contribution in [1.82, 2.24) is 10.6 Å². The highest BCUT2D eigenvalue weighted by atomic mass is 32.2. The summed E-state index contributed by atoms with van der Waals surface area (Å²) in [6.45, 7) is 1.68. The van der Waals surface area contributed by atoms with Gasteiger partial charge in [-0.15, -0.1) is 0 Å². The second kappa shape index (κ2) is 17.9. The second-order valence-electron chi connectivity index (χ2n) is 11.1. The number of nitrogens with one attached hydrogen (secondary N) is 3. The lowest BCUT2D eigenvalue weighted by Crippen LogP contribution is -2.36. The van der Waals surface area contributed by atoms with Gasteiger partial charge in [0.25, 0.3) is 5.91 Å². The Morgan fingerprint density at radius 3 is 2.25 bits per heavy atom. The van der Waals surface area contributed by atoms with E-state index in [-0.39, 0.29) is 48.6 Å². The molecule has 4 rings (SSSR count). The highest BCUT2D eigenvalue weighted by Crippen LogP contribution is 2.33. The van der Waals surface area contributed by atoms with Gasteiger partial charge >= 0.3 is 6.03 Å². The Kier molecular flexibility index (Phi) is 13.7. The largest absolute Gasteiger partial charge is 0.392 e. The molecule has 4 N–H and O–H groups in total. The minimum atomic E-state index is -0.364. The van der Waals surface area contributed by atoms with Crippen LogP contribution in [0.4, 0.5) is 10.5 Å². The van der Waals surface area contributed by atoms with Gasteiger partial charge in [-0.2, -0.15) is 11.8 Å². The number of benzene rings is 2. The molecule has 2 aromatic carbocycles. The molecule has 44 heavy (non-hydrogen) atoms. The van der Waals surface area contributed by atoms with Crippen LogP contribution in [-0.2, 0) is 20.9 Å². The van der Waals surface area contributed by atoms with Gasteiger partial charge in [0.15, 0.2) is 5.78 Å². The first-order valence-corrected chi connectivity index (χ1v) is 16.5. The number of amides is 3. The third-order valence-electron chi connectivity index (χ3n) is 7.81. The highest BCUT2D eigenvalue weighted by molar-refractivity contribution is 8.00. The van der Waals surface area contributed by atoms with Gasteiger partial charge < -0.3 is 30.5 Å². The molecule has 10 nitrogen and oxygen atoms in total. The van der Waals surface area contributed by atoms with Crippen LogP contribution in [0.25, 0.3) is 0 Å². The molecule has 0 aliphatic carbocycles. The van der Waals surface area contributed by atoms with Crippen molar-refractivity contribution >= 4 is 41.0 Å². The maximum atomic E-state index is 12.8. The van der Waals surface area contributed by atoms with Crippen LogP contribution in [0.2, 0.25) is 0 Å². The number of fused-ring (bicyclic) bond motifs is 1. The fourth-order valence-corrected chi connectivity index (χ4v) is 6.96. The average molecular weight is 626 g/mol. The third-order valence-corrected chi connectivity index (χ3v) is 9.32. The van der Waals surface area contributed by atoms with Crippen molar-refractivity contribution in [3.63, 3.8) is 0 Å². The summed E-state index contributed by atoms with van der Waals surface area (Å²) in [5.74, 6) is 0.732. The quantitative estimate of drug-likeness (QED) is 0.0957. The number of urea groups is 1. The van der Waals surface area contributed by atoms with Crippen molar-refractivity contribution in [2.75, 3.05) is 37.5 Å². The van der Waals surface area contributed by atoms with E-state index in [1.165, 1.54) is 0 Å². The van der Waals surface area contributed by atoms with Gasteiger partial charge in [0.05, 0.1) is 37.5 Å². The molecular weight excluding hydrogens is 582 g/mol. The fraction of sp³-hybridized carbons (Fsp3) is 0.515. The summed E-state index contributed by atoms with van der Waals surface area (Å²) in [5, 5.41) is 18.4. The predicted molar refractivity (Wildman–Crippen MR) is 170 cm³/mol. The Bertz CT molecular complexity index is 1260. The highest BCUT2D eigenvalue weighted by Gasteiger charge is 2.42. The molecule has 2 aromatic rings. The maximum Gasteiger partial charge on any atom is 0.315 e. The van der Waals surface area contributed by atoms with Crippen molar-refractivity contribution in [1.29, 1.82) is 0 Å². The molecule has 0 aromatic heterocycles. The third kappa shape index (κ3) is 10.4. The number of ether oxygens (including phenoxy) is 2. The summed E-state index contributed by atoms with van der Waals surface area (Å²) >= 11 is 1.90. The molecule has 3 unspecified atom stereocenters. The number of rotatable bonds is 20. The lowest BCUT2D eigenvalue weighted by Gasteiger charge is -2.16. The van der Waals surface area contributed by atoms with Gasteiger partial charge in [0.2, 0.25) is 0 Å². The van der Waals surface area contributed by atoms with Crippen molar-refractivity contribution in [3.05, 3.63) is 65.2 Å². The van der Waals surface area contributed by atoms with Crippen molar-refractivity contribution in [2.45, 2.75) is 75.3 Å². The number of aliphatic hydroxyl groups is 1. The lowest BCUT2D eigenvalue weighted by atomic mass is 10.00. The number of aliphatic hydroxyl groups excluding tert-OH is 1. The molecule has 0 bridgehead atoms. The molecule has 0 saturated carbocycles. The van der Waals surface area contributed by atoms with Crippen LogP contribution < -0.4 is 16.0 Å². The monoisotopic (exact) mass is 625 g/mol. The van der Waals surface area contributed by atoms with Crippen molar-refractivity contribution in [3.8, 4) is 0 Å². The van der Waals surface area contributed by atoms with E-state index in [9.17, 15) is 24.3 Å². The van der Waals surface area contributed by atoms with E-state index in [2.05, 4.69) is 16.0 Å². The van der Waals surface area contributed by atoms with E-state index in [1.807, 2.05) is 11.8 Å². The number of hydrogen-bond donors (Lipinski definition) is 4. The molecule has 3 atom stereocenters. The maximum absolute atomic E-state index is 12.8. The predicted octanol–water partition coefficient (Wildman–Crippen LogP) is 4.50. The zero-order valence-electron chi connectivity index (χ0n) is 25.1. The van der Waals surface area contributed by atoms with Crippen LogP contribution in [0.5, 0.6) is 0 Å². The van der Waals surface area contributed by atoms with Crippen molar-refractivity contribution in [2.24, 2.45) is 0 Å². The van der Waals surface area contributed by atoms with Crippen LogP contribution in [0.15, 0.2) is 48.5 Å². The smallest absolute Gasteiger partial charge is 0.315 e. The summed E-state index contributed by atoms with van der Waals surface area (Å²) in [6.07, 6.45) is 5.47. The Morgan fingerprint density at radius 1 is 0.841 bits per heavy atom. The van der Waals surface area contributed by atoms with Gasteiger partial charge in [-0.05, 0) is 49.4 Å². The number of carbonyl (C=O) groups excluding carboxylic acids is 4. The number of hydrogen-bond acceptors (Lipinski definition) is 8. The zero-order valence-corrected chi connectivity index (χ0v) is 25.9. The van der Waals surface area contributed by atoms with E-state index in [0.29, 0.717) is 74.2 Å². The molecular formula is C33H43N3O7S. The molecule has 3 amide bonds. The van der Waals surface area contributed by atoms with Crippen LogP contribution in [-0.4, -0.2) is 78.1 Å². The van der Waals surface area contributed by atoms with Gasteiger partial charge in [0.1, 0.15) is 5.78 Å². The zero-order chi connectivity index (χ0) is 31.1. The SMILES string of the molecule is O=C(CCCCC1SCC2NC(=O)NC21)CCCOCCOCCCC(=O)c1ccccc1C(=O)Nc1ccc(CO)cc1. The van der Waals surface area contributed by atoms with E-state index < -0.39 is 0 Å². The molecule has 0 radical (unpaired) electrons. The Balaban J connectivity index is 0.995. The number of thioether (sulfide) groups is 1. The number of Topliss-reactive ketones (excluding diaryl/α,β-unsaturated/α-hetero) is 2. The van der Waals surface area contributed by atoms with E-state index >= 15 is 0 Å². The number of carbonyl (C=O) groups is 4. The molecule has 2 fully saturated rings. The number of ketones is 2. The first-order chi connectivity index (χ1) is 21.4. The Hall–Kier alpha value is -3.25. The Labute approximate surface area is 263 Å². The summed E-state index contributed by atoms with van der Waals surface area (Å²) < 4.78 is 11.2. The van der Waals surface area contributed by atoms with Crippen LogP contribution in [0, 0.1) is 0 Å². The molecule has 2 saturated heterocycles. The summed E-state index contributed by atoms with van der Waals surface area (Å²) in [5.41, 5.74) is 2.02. The van der Waals surface area contributed by atoms with Crippen LogP contribution in [0.1, 0.15) is 77.6 Å². The van der Waals surface area contributed by atoms with Crippen LogP contribution >= 0.6 is 11.8 Å². The summed E-state index contributed by atoms with van der Waals surface area (Å²) in [6, 6.07) is 14.0. The number of unbranched alkanes of at least 4 members (excludes halogenated alkanes) is 1. The normalized spacial score (nSPS) is 18.8. The van der Waals surface area contributed by atoms with Gasteiger partial charge in [0, 0.05) is 54.7 Å². The standard InChI is InChI=1S/C33H43N3O7S/c37-21-23-13-15-24(16-14-23)34-32(40)27-10-3-2-9-26(27)29(39)11-6-18-43-20-19-42-17-5-8-25(38)7-1-4-12-30-31-28(22-44-30)35-33(41)36-31/h2-3,9-10,13-16,28,30-31,37H,1,4-8,11-12,17-22H2,(H,34,40)(H2,35,36,41). The average Bonchev–Trinajstić information content (AvgIpc) is 3.59. The second-order valence-corrected chi connectivity index (χ2v) is 12.4. The van der Waals surface area contributed by atoms with E-state index in [0.717, 1.165) is 30.6 Å². The molecule has 2 heterocycles. The summed E-state index contributed by atoms with van der Waals surface area (Å²) in [7, 11) is 0. The lowest BCUT2D eigenvalue weighted by molar-refractivity contribution is -0.119. The molecule has 0 spiro atoms. The topological polar surface area (TPSA) is 143 Å². The minimum absolute atomic E-state index is 0.0632. The molecule has 238 valence electrons. The van der Waals surface area contributed by atoms with Gasteiger partial charge in [-0.3, -0.25) is 14.4 Å².